The monoisotopic (exact) mass is 566 g/mol. The Morgan fingerprint density at radius 1 is 1.07 bits per heavy atom. The van der Waals surface area contributed by atoms with Gasteiger partial charge in [0.25, 0.3) is 5.91 Å². The van der Waals surface area contributed by atoms with Gasteiger partial charge in [-0.2, -0.15) is 0 Å². The van der Waals surface area contributed by atoms with E-state index in [4.69, 9.17) is 18.6 Å². The molecular formula is C33H46N2O6. The van der Waals surface area contributed by atoms with Gasteiger partial charge in [0.1, 0.15) is 22.7 Å². The highest BCUT2D eigenvalue weighted by Crippen LogP contribution is 2.44. The van der Waals surface area contributed by atoms with Gasteiger partial charge in [-0.25, -0.2) is 4.79 Å². The topological polar surface area (TPSA) is 81.5 Å². The maximum absolute atomic E-state index is 13.8. The van der Waals surface area contributed by atoms with Gasteiger partial charge in [0, 0.05) is 50.0 Å². The number of fused-ring (bicyclic) bond motifs is 6. The van der Waals surface area contributed by atoms with E-state index in [0.717, 1.165) is 67.1 Å². The molecule has 2 saturated heterocycles. The van der Waals surface area contributed by atoms with Crippen LogP contribution >= 0.6 is 0 Å². The Bertz CT molecular complexity index is 1330. The van der Waals surface area contributed by atoms with Crippen molar-refractivity contribution in [1.82, 2.24) is 9.80 Å². The Balaban J connectivity index is 1.27. The molecule has 0 spiro atoms. The number of benzene rings is 1. The smallest absolute Gasteiger partial charge is 0.339 e. The van der Waals surface area contributed by atoms with Crippen LogP contribution in [0, 0.1) is 5.92 Å². The van der Waals surface area contributed by atoms with Gasteiger partial charge in [-0.1, -0.05) is 6.42 Å². The van der Waals surface area contributed by atoms with Crippen LogP contribution in [0.5, 0.6) is 11.5 Å². The zero-order valence-electron chi connectivity index (χ0n) is 25.1. The molecule has 8 nitrogen and oxygen atoms in total. The average molecular weight is 567 g/mol. The lowest BCUT2D eigenvalue weighted by molar-refractivity contribution is -0.135. The van der Waals surface area contributed by atoms with E-state index in [9.17, 15) is 9.59 Å². The number of aryl methyl sites for hydroxylation is 2. The fraction of sp³-hybridized carbons (Fsp3) is 0.697. The number of methoxy groups -OCH3 is 1. The molecule has 0 unspecified atom stereocenters. The summed E-state index contributed by atoms with van der Waals surface area (Å²) in [6.45, 7) is 8.50. The summed E-state index contributed by atoms with van der Waals surface area (Å²) in [5, 5.41) is 0.850. The summed E-state index contributed by atoms with van der Waals surface area (Å²) in [5.74, 6) is 1.76. The summed E-state index contributed by atoms with van der Waals surface area (Å²) in [6, 6.07) is 2.51. The number of carbonyl (C=O) groups excluding carboxylic acids is 1. The molecule has 2 fully saturated rings. The summed E-state index contributed by atoms with van der Waals surface area (Å²) < 4.78 is 24.0. The summed E-state index contributed by atoms with van der Waals surface area (Å²) in [5.41, 5.74) is 2.70. The van der Waals surface area contributed by atoms with Gasteiger partial charge in [0.05, 0.1) is 5.39 Å². The first-order valence-corrected chi connectivity index (χ1v) is 15.8. The standard InChI is InChI=1S/C33H46N2O6/c1-33(2)14-13-25-27(41-33)19-28(30-23-10-6-11-24(23)32(37)40-31(25)30)39-21-29(36)35(17-8-18-38-3)20-22-9-7-16-34-15-5-4-12-26(22)34/h19,22,26H,4-18,20-21H2,1-3H3/t22-,26+/m0/s1. The van der Waals surface area contributed by atoms with Crippen molar-refractivity contribution >= 4 is 16.9 Å². The van der Waals surface area contributed by atoms with Gasteiger partial charge in [0.15, 0.2) is 6.61 Å². The van der Waals surface area contributed by atoms with Crippen LogP contribution in [0.1, 0.15) is 81.9 Å². The molecule has 1 aromatic carbocycles. The van der Waals surface area contributed by atoms with Crippen molar-refractivity contribution in [2.75, 3.05) is 46.5 Å². The Morgan fingerprint density at radius 2 is 1.90 bits per heavy atom. The second-order valence-corrected chi connectivity index (χ2v) is 13.1. The third-order valence-electron chi connectivity index (χ3n) is 9.80. The highest BCUT2D eigenvalue weighted by atomic mass is 16.5. The van der Waals surface area contributed by atoms with E-state index in [0.29, 0.717) is 42.2 Å². The number of nitrogens with zero attached hydrogens (tertiary/aromatic N) is 2. The first-order chi connectivity index (χ1) is 19.8. The van der Waals surface area contributed by atoms with Crippen LogP contribution in [-0.2, 0) is 28.8 Å². The molecule has 0 saturated carbocycles. The zero-order valence-corrected chi connectivity index (χ0v) is 25.1. The van der Waals surface area contributed by atoms with Crippen molar-refractivity contribution in [3.8, 4) is 11.5 Å². The third kappa shape index (κ3) is 5.87. The Hall–Kier alpha value is -2.58. The van der Waals surface area contributed by atoms with Crippen LogP contribution in [0.15, 0.2) is 15.3 Å². The molecule has 8 heteroatoms. The quantitative estimate of drug-likeness (QED) is 0.316. The van der Waals surface area contributed by atoms with Gasteiger partial charge in [-0.05, 0) is 103 Å². The molecule has 1 aliphatic carbocycles. The Kier molecular flexibility index (Phi) is 8.32. The average Bonchev–Trinajstić information content (AvgIpc) is 3.45. The minimum absolute atomic E-state index is 0.00446. The van der Waals surface area contributed by atoms with Gasteiger partial charge in [-0.3, -0.25) is 4.79 Å². The molecular weight excluding hydrogens is 520 g/mol. The molecule has 1 aromatic heterocycles. The highest BCUT2D eigenvalue weighted by molar-refractivity contribution is 5.93. The van der Waals surface area contributed by atoms with E-state index in [1.54, 1.807) is 7.11 Å². The van der Waals surface area contributed by atoms with Crippen molar-refractivity contribution in [1.29, 1.82) is 0 Å². The largest absolute Gasteiger partial charge is 0.487 e. The van der Waals surface area contributed by atoms with Crippen LogP contribution in [0.25, 0.3) is 11.0 Å². The lowest BCUT2D eigenvalue weighted by Gasteiger charge is -2.45. The van der Waals surface area contributed by atoms with E-state index in [1.807, 2.05) is 11.0 Å². The summed E-state index contributed by atoms with van der Waals surface area (Å²) in [6.07, 6.45) is 11.0. The second kappa shape index (κ2) is 12.0. The predicted molar refractivity (Wildman–Crippen MR) is 158 cm³/mol. The molecule has 2 atom stereocenters. The molecule has 4 heterocycles. The molecule has 0 N–H and O–H groups in total. The number of amides is 1. The van der Waals surface area contributed by atoms with Crippen LogP contribution in [0.3, 0.4) is 0 Å². The molecule has 3 aliphatic heterocycles. The first kappa shape index (κ1) is 28.5. The normalized spacial score (nSPS) is 23.4. The molecule has 2 aromatic rings. The molecule has 41 heavy (non-hydrogen) atoms. The van der Waals surface area contributed by atoms with Crippen molar-refractivity contribution in [3.05, 3.63) is 33.2 Å². The molecule has 1 amide bonds. The van der Waals surface area contributed by atoms with Crippen molar-refractivity contribution in [2.45, 2.75) is 96.1 Å². The Morgan fingerprint density at radius 3 is 2.76 bits per heavy atom. The summed E-state index contributed by atoms with van der Waals surface area (Å²) in [7, 11) is 1.71. The minimum Gasteiger partial charge on any atom is -0.487 e. The fourth-order valence-electron chi connectivity index (χ4n) is 7.69. The van der Waals surface area contributed by atoms with E-state index in [1.165, 1.54) is 45.2 Å². The van der Waals surface area contributed by atoms with Gasteiger partial charge in [0.2, 0.25) is 0 Å². The number of ether oxygens (including phenoxy) is 3. The zero-order chi connectivity index (χ0) is 28.6. The van der Waals surface area contributed by atoms with E-state index < -0.39 is 0 Å². The van der Waals surface area contributed by atoms with Crippen LogP contribution in [0.2, 0.25) is 0 Å². The maximum atomic E-state index is 13.8. The van der Waals surface area contributed by atoms with Crippen molar-refractivity contribution in [3.63, 3.8) is 0 Å². The summed E-state index contributed by atoms with van der Waals surface area (Å²) >= 11 is 0. The minimum atomic E-state index is -0.323. The number of rotatable bonds is 9. The van der Waals surface area contributed by atoms with Gasteiger partial charge < -0.3 is 28.4 Å². The fourth-order valence-corrected chi connectivity index (χ4v) is 7.69. The molecule has 4 aliphatic rings. The molecule has 6 rings (SSSR count). The summed E-state index contributed by atoms with van der Waals surface area (Å²) in [4.78, 5) is 31.4. The van der Waals surface area contributed by atoms with E-state index >= 15 is 0 Å². The number of hydrogen-bond donors (Lipinski definition) is 0. The maximum Gasteiger partial charge on any atom is 0.339 e. The second-order valence-electron chi connectivity index (χ2n) is 13.1. The lowest BCUT2D eigenvalue weighted by Crippen LogP contribution is -2.52. The number of carbonyl (C=O) groups is 1. The first-order valence-electron chi connectivity index (χ1n) is 15.8. The van der Waals surface area contributed by atoms with Gasteiger partial charge >= 0.3 is 5.63 Å². The van der Waals surface area contributed by atoms with E-state index in [2.05, 4.69) is 18.7 Å². The van der Waals surface area contributed by atoms with Crippen molar-refractivity contribution in [2.24, 2.45) is 5.92 Å². The molecule has 224 valence electrons. The lowest BCUT2D eigenvalue weighted by atomic mass is 9.83. The highest BCUT2D eigenvalue weighted by Gasteiger charge is 2.36. The third-order valence-corrected chi connectivity index (χ3v) is 9.80. The van der Waals surface area contributed by atoms with Crippen LogP contribution < -0.4 is 15.1 Å². The van der Waals surface area contributed by atoms with Crippen LogP contribution in [-0.4, -0.2) is 73.9 Å². The Labute approximate surface area is 243 Å². The molecule has 0 bridgehead atoms. The van der Waals surface area contributed by atoms with Gasteiger partial charge in [-0.15, -0.1) is 0 Å². The predicted octanol–water partition coefficient (Wildman–Crippen LogP) is 4.89. The van der Waals surface area contributed by atoms with E-state index in [-0.39, 0.29) is 23.7 Å². The SMILES string of the molecule is COCCCN(C[C@@H]1CCCN2CCCC[C@H]12)C(=O)COc1cc2c(c3oc(=O)c4c(c13)CCC4)CCC(C)(C)O2. The van der Waals surface area contributed by atoms with Crippen LogP contribution in [0.4, 0.5) is 0 Å². The number of hydrogen-bond acceptors (Lipinski definition) is 7. The number of piperidine rings is 2. The van der Waals surface area contributed by atoms with Crippen molar-refractivity contribution < 1.29 is 23.4 Å². The molecule has 0 radical (unpaired) electrons.